The maximum absolute atomic E-state index is 12.4. The summed E-state index contributed by atoms with van der Waals surface area (Å²) in [5, 5.41) is 3.88. The second-order valence-corrected chi connectivity index (χ2v) is 5.62. The van der Waals surface area contributed by atoms with Crippen LogP contribution in [0.5, 0.6) is 0 Å². The molecule has 20 heavy (non-hydrogen) atoms. The molecule has 6 heteroatoms. The van der Waals surface area contributed by atoms with Crippen LogP contribution in [-0.2, 0) is 16.1 Å². The van der Waals surface area contributed by atoms with Gasteiger partial charge in [0.15, 0.2) is 0 Å². The number of benzene rings is 1. The van der Waals surface area contributed by atoms with E-state index in [-0.39, 0.29) is 11.8 Å². The Morgan fingerprint density at radius 3 is 2.80 bits per heavy atom. The summed E-state index contributed by atoms with van der Waals surface area (Å²) in [7, 11) is 0. The van der Waals surface area contributed by atoms with E-state index in [1.54, 1.807) is 23.1 Å². The van der Waals surface area contributed by atoms with Gasteiger partial charge in [-0.2, -0.15) is 0 Å². The summed E-state index contributed by atoms with van der Waals surface area (Å²) < 4.78 is 0. The topological polar surface area (TPSA) is 49.4 Å². The van der Waals surface area contributed by atoms with Gasteiger partial charge in [-0.15, -0.1) is 0 Å². The maximum Gasteiger partial charge on any atom is 0.245 e. The third kappa shape index (κ3) is 3.44. The summed E-state index contributed by atoms with van der Waals surface area (Å²) in [5.74, 6) is -0.167. The Morgan fingerprint density at radius 1 is 1.35 bits per heavy atom. The van der Waals surface area contributed by atoms with Crippen LogP contribution >= 0.6 is 23.2 Å². The van der Waals surface area contributed by atoms with Crippen LogP contribution < -0.4 is 5.32 Å². The van der Waals surface area contributed by atoms with Crippen molar-refractivity contribution in [3.8, 4) is 0 Å². The highest BCUT2D eigenvalue weighted by Gasteiger charge is 2.28. The van der Waals surface area contributed by atoms with E-state index >= 15 is 0 Å². The molecular weight excluding hydrogens is 299 g/mol. The van der Waals surface area contributed by atoms with Crippen LogP contribution in [0.15, 0.2) is 18.2 Å². The summed E-state index contributed by atoms with van der Waals surface area (Å²) in [6.45, 7) is 2.63. The van der Waals surface area contributed by atoms with E-state index < -0.39 is 6.04 Å². The standard InChI is InChI=1S/C14H16Cl2N2O2/c1-2-12-14(20)18(6-5-13(19)17-12)8-9-7-10(15)3-4-11(9)16/h3-4,7,12H,2,5-6,8H2,1H3,(H,17,19). The van der Waals surface area contributed by atoms with Gasteiger partial charge in [0.2, 0.25) is 11.8 Å². The number of hydrogen-bond acceptors (Lipinski definition) is 2. The molecule has 1 aromatic carbocycles. The molecule has 1 saturated heterocycles. The van der Waals surface area contributed by atoms with Crippen molar-refractivity contribution in [2.75, 3.05) is 6.54 Å². The molecule has 0 aliphatic carbocycles. The minimum absolute atomic E-state index is 0.0746. The molecule has 108 valence electrons. The molecule has 4 nitrogen and oxygen atoms in total. The Labute approximate surface area is 128 Å². The van der Waals surface area contributed by atoms with Crippen molar-refractivity contribution in [1.82, 2.24) is 10.2 Å². The molecule has 0 bridgehead atoms. The van der Waals surface area contributed by atoms with Crippen molar-refractivity contribution in [3.63, 3.8) is 0 Å². The first-order valence-electron chi connectivity index (χ1n) is 6.53. The SMILES string of the molecule is CCC1NC(=O)CCN(Cc2cc(Cl)ccc2Cl)C1=O. The molecule has 1 N–H and O–H groups in total. The van der Waals surface area contributed by atoms with Gasteiger partial charge in [0.1, 0.15) is 6.04 Å². The number of halogens is 2. The van der Waals surface area contributed by atoms with E-state index in [4.69, 9.17) is 23.2 Å². The van der Waals surface area contributed by atoms with Gasteiger partial charge >= 0.3 is 0 Å². The molecular formula is C14H16Cl2N2O2. The lowest BCUT2D eigenvalue weighted by atomic mass is 10.1. The highest BCUT2D eigenvalue weighted by Crippen LogP contribution is 2.23. The van der Waals surface area contributed by atoms with Crippen molar-refractivity contribution in [1.29, 1.82) is 0 Å². The lowest BCUT2D eigenvalue weighted by Crippen LogP contribution is -2.43. The van der Waals surface area contributed by atoms with Gasteiger partial charge in [0.05, 0.1) is 0 Å². The Balaban J connectivity index is 2.20. The van der Waals surface area contributed by atoms with Crippen LogP contribution in [0.2, 0.25) is 10.0 Å². The zero-order chi connectivity index (χ0) is 14.7. The molecule has 1 aromatic rings. The van der Waals surface area contributed by atoms with Gasteiger partial charge in [-0.05, 0) is 30.2 Å². The normalized spacial score (nSPS) is 19.8. The zero-order valence-electron chi connectivity index (χ0n) is 11.2. The van der Waals surface area contributed by atoms with Crippen molar-refractivity contribution in [2.45, 2.75) is 32.4 Å². The third-order valence-electron chi connectivity index (χ3n) is 3.33. The second-order valence-electron chi connectivity index (χ2n) is 4.77. The third-order valence-corrected chi connectivity index (χ3v) is 3.93. The highest BCUT2D eigenvalue weighted by atomic mass is 35.5. The van der Waals surface area contributed by atoms with E-state index in [2.05, 4.69) is 5.32 Å². The van der Waals surface area contributed by atoms with E-state index in [1.165, 1.54) is 0 Å². The summed E-state index contributed by atoms with van der Waals surface area (Å²) in [4.78, 5) is 25.6. The van der Waals surface area contributed by atoms with Gasteiger partial charge in [0.25, 0.3) is 0 Å². The van der Waals surface area contributed by atoms with Crippen LogP contribution in [0.3, 0.4) is 0 Å². The first-order chi connectivity index (χ1) is 9.51. The van der Waals surface area contributed by atoms with Crippen LogP contribution in [0.4, 0.5) is 0 Å². The first kappa shape index (κ1) is 15.1. The number of rotatable bonds is 3. The van der Waals surface area contributed by atoms with E-state index in [0.29, 0.717) is 36.0 Å². The first-order valence-corrected chi connectivity index (χ1v) is 7.29. The maximum atomic E-state index is 12.4. The molecule has 0 radical (unpaired) electrons. The predicted molar refractivity (Wildman–Crippen MR) is 78.7 cm³/mol. The fraction of sp³-hybridized carbons (Fsp3) is 0.429. The van der Waals surface area contributed by atoms with E-state index in [1.807, 2.05) is 6.92 Å². The zero-order valence-corrected chi connectivity index (χ0v) is 12.7. The highest BCUT2D eigenvalue weighted by molar-refractivity contribution is 6.33. The van der Waals surface area contributed by atoms with Crippen molar-refractivity contribution in [2.24, 2.45) is 0 Å². The number of nitrogens with zero attached hydrogens (tertiary/aromatic N) is 1. The smallest absolute Gasteiger partial charge is 0.245 e. The van der Waals surface area contributed by atoms with Crippen LogP contribution in [-0.4, -0.2) is 29.3 Å². The Bertz CT molecular complexity index is 534. The van der Waals surface area contributed by atoms with Crippen LogP contribution in [0.1, 0.15) is 25.3 Å². The van der Waals surface area contributed by atoms with Crippen molar-refractivity contribution >= 4 is 35.0 Å². The molecule has 1 aliphatic heterocycles. The fourth-order valence-corrected chi connectivity index (χ4v) is 2.57. The number of hydrogen-bond donors (Lipinski definition) is 1. The van der Waals surface area contributed by atoms with Gasteiger partial charge in [-0.25, -0.2) is 0 Å². The molecule has 0 spiro atoms. The largest absolute Gasteiger partial charge is 0.344 e. The minimum atomic E-state index is -0.456. The molecule has 1 aliphatic rings. The molecule has 1 heterocycles. The van der Waals surface area contributed by atoms with E-state index in [0.717, 1.165) is 5.56 Å². The van der Waals surface area contributed by atoms with Crippen molar-refractivity contribution in [3.05, 3.63) is 33.8 Å². The molecule has 2 amide bonds. The second kappa shape index (κ2) is 6.46. The summed E-state index contributed by atoms with van der Waals surface area (Å²) in [6.07, 6.45) is 0.880. The molecule has 1 fully saturated rings. The molecule has 1 atom stereocenters. The molecule has 0 saturated carbocycles. The summed E-state index contributed by atoms with van der Waals surface area (Å²) in [5.41, 5.74) is 0.789. The lowest BCUT2D eigenvalue weighted by Gasteiger charge is -2.24. The number of carbonyl (C=O) groups excluding carboxylic acids is 2. The molecule has 1 unspecified atom stereocenters. The van der Waals surface area contributed by atoms with Gasteiger partial charge in [-0.1, -0.05) is 30.1 Å². The average Bonchev–Trinajstić information content (AvgIpc) is 2.55. The monoisotopic (exact) mass is 314 g/mol. The molecule has 2 rings (SSSR count). The van der Waals surface area contributed by atoms with E-state index in [9.17, 15) is 9.59 Å². The van der Waals surface area contributed by atoms with Crippen molar-refractivity contribution < 1.29 is 9.59 Å². The molecule has 0 aromatic heterocycles. The van der Waals surface area contributed by atoms with Crippen LogP contribution in [0.25, 0.3) is 0 Å². The van der Waals surface area contributed by atoms with Crippen LogP contribution in [0, 0.1) is 0 Å². The van der Waals surface area contributed by atoms with Gasteiger partial charge in [-0.3, -0.25) is 9.59 Å². The summed E-state index contributed by atoms with van der Waals surface area (Å²) in [6, 6.07) is 4.71. The van der Waals surface area contributed by atoms with Gasteiger partial charge in [0, 0.05) is 29.6 Å². The van der Waals surface area contributed by atoms with Gasteiger partial charge < -0.3 is 10.2 Å². The number of nitrogens with one attached hydrogen (secondary N) is 1. The Morgan fingerprint density at radius 2 is 2.10 bits per heavy atom. The quantitative estimate of drug-likeness (QED) is 0.932. The fourth-order valence-electron chi connectivity index (χ4n) is 2.20. The average molecular weight is 315 g/mol. The predicted octanol–water partition coefficient (Wildman–Crippen LogP) is 2.62. The minimum Gasteiger partial charge on any atom is -0.344 e. The number of amides is 2. The Kier molecular flexibility index (Phi) is 4.89. The number of carbonyl (C=O) groups is 2. The summed E-state index contributed by atoms with van der Waals surface area (Å²) >= 11 is 12.1. The lowest BCUT2D eigenvalue weighted by molar-refractivity contribution is -0.134. The Hall–Kier alpha value is -1.26.